The van der Waals surface area contributed by atoms with E-state index in [9.17, 15) is 0 Å². The third kappa shape index (κ3) is 5.67. The third-order valence-corrected chi connectivity index (χ3v) is 5.48. The molecule has 1 aliphatic rings. The summed E-state index contributed by atoms with van der Waals surface area (Å²) < 4.78 is 0. The Morgan fingerprint density at radius 3 is 2.89 bits per heavy atom. The normalized spacial score (nSPS) is 18.6. The number of hydrogen-bond acceptors (Lipinski definition) is 3. The van der Waals surface area contributed by atoms with Gasteiger partial charge in [-0.15, -0.1) is 0 Å². The van der Waals surface area contributed by atoms with Gasteiger partial charge in [-0.25, -0.2) is 0 Å². The predicted octanol–water partition coefficient (Wildman–Crippen LogP) is 3.21. The van der Waals surface area contributed by atoms with Gasteiger partial charge in [0.05, 0.1) is 5.52 Å². The maximum Gasteiger partial charge on any atom is 0.190 e. The van der Waals surface area contributed by atoms with Gasteiger partial charge in [0.1, 0.15) is 0 Å². The Balaban J connectivity index is 1.39. The van der Waals surface area contributed by atoms with E-state index in [4.69, 9.17) is 0 Å². The van der Waals surface area contributed by atoms with Crippen LogP contribution >= 0.6 is 0 Å². The van der Waals surface area contributed by atoms with Crippen LogP contribution in [-0.2, 0) is 6.42 Å². The lowest BCUT2D eigenvalue weighted by molar-refractivity contribution is 0.159. The molecule has 1 aliphatic heterocycles. The quantitative estimate of drug-likeness (QED) is 0.448. The number of aliphatic imine (C=N–C) groups is 1. The zero-order chi connectivity index (χ0) is 18.9. The number of para-hydroxylation sites is 1. The molecule has 0 spiro atoms. The van der Waals surface area contributed by atoms with Crippen LogP contribution in [0.25, 0.3) is 10.9 Å². The zero-order valence-electron chi connectivity index (χ0n) is 16.7. The molecular formula is C22H33N5. The van der Waals surface area contributed by atoms with Crippen LogP contribution in [0.15, 0.2) is 41.5 Å². The highest BCUT2D eigenvalue weighted by Gasteiger charge is 2.17. The number of likely N-dealkylation sites (tertiary alicyclic amines) is 1. The molecule has 5 nitrogen and oxygen atoms in total. The molecule has 1 atom stereocenters. The lowest BCUT2D eigenvalue weighted by atomic mass is 10.0. The van der Waals surface area contributed by atoms with Crippen LogP contribution in [0.4, 0.5) is 0 Å². The summed E-state index contributed by atoms with van der Waals surface area (Å²) in [6, 6.07) is 11.2. The molecule has 0 amide bonds. The smallest absolute Gasteiger partial charge is 0.190 e. The van der Waals surface area contributed by atoms with Gasteiger partial charge in [0, 0.05) is 44.3 Å². The molecule has 0 bridgehead atoms. The molecule has 0 aliphatic carbocycles. The van der Waals surface area contributed by atoms with E-state index in [-0.39, 0.29) is 0 Å². The minimum Gasteiger partial charge on any atom is -0.356 e. The number of hydrogen-bond donors (Lipinski definition) is 2. The number of nitrogens with zero attached hydrogens (tertiary/aromatic N) is 3. The van der Waals surface area contributed by atoms with Crippen molar-refractivity contribution in [3.63, 3.8) is 0 Å². The number of nitrogens with one attached hydrogen (secondary N) is 2. The first-order valence-corrected chi connectivity index (χ1v) is 10.3. The SMILES string of the molecule is CN=C(NCCCN1CCCCC1C)NCCc1cccc2cccnc12. The molecule has 0 saturated carbocycles. The van der Waals surface area contributed by atoms with Crippen molar-refractivity contribution in [1.29, 1.82) is 0 Å². The lowest BCUT2D eigenvalue weighted by Gasteiger charge is -2.33. The molecular weight excluding hydrogens is 334 g/mol. The molecule has 2 N–H and O–H groups in total. The molecule has 1 saturated heterocycles. The van der Waals surface area contributed by atoms with Gasteiger partial charge in [-0.2, -0.15) is 0 Å². The second kappa shape index (κ2) is 10.3. The van der Waals surface area contributed by atoms with Crippen molar-refractivity contribution in [2.75, 3.05) is 33.2 Å². The van der Waals surface area contributed by atoms with Gasteiger partial charge in [0.2, 0.25) is 0 Å². The van der Waals surface area contributed by atoms with Gasteiger partial charge >= 0.3 is 0 Å². The molecule has 2 heterocycles. The standard InChI is InChI=1S/C22H33N5/c1-18-8-3-4-16-27(18)17-7-14-25-22(23-2)26-15-12-20-10-5-9-19-11-6-13-24-21(19)20/h5-6,9-11,13,18H,3-4,7-8,12,14-17H2,1-2H3,(H2,23,25,26). The van der Waals surface area contributed by atoms with E-state index in [0.29, 0.717) is 0 Å². The van der Waals surface area contributed by atoms with Crippen molar-refractivity contribution in [1.82, 2.24) is 20.5 Å². The van der Waals surface area contributed by atoms with Crippen molar-refractivity contribution >= 4 is 16.9 Å². The maximum absolute atomic E-state index is 4.53. The number of aromatic nitrogens is 1. The monoisotopic (exact) mass is 367 g/mol. The summed E-state index contributed by atoms with van der Waals surface area (Å²) in [7, 11) is 1.83. The first kappa shape index (κ1) is 19.6. The number of pyridine rings is 1. The van der Waals surface area contributed by atoms with Gasteiger partial charge in [-0.1, -0.05) is 30.7 Å². The second-order valence-corrected chi connectivity index (χ2v) is 7.40. The number of fused-ring (bicyclic) bond motifs is 1. The number of piperidine rings is 1. The van der Waals surface area contributed by atoms with Gasteiger partial charge in [-0.05, 0) is 50.8 Å². The molecule has 3 rings (SSSR count). The van der Waals surface area contributed by atoms with E-state index in [1.807, 2.05) is 19.3 Å². The van der Waals surface area contributed by atoms with Gasteiger partial charge in [0.15, 0.2) is 5.96 Å². The first-order valence-electron chi connectivity index (χ1n) is 10.3. The van der Waals surface area contributed by atoms with Crippen molar-refractivity contribution in [3.8, 4) is 0 Å². The Kier molecular flexibility index (Phi) is 7.45. The van der Waals surface area contributed by atoms with E-state index >= 15 is 0 Å². The van der Waals surface area contributed by atoms with Gasteiger partial charge in [-0.3, -0.25) is 9.98 Å². The molecule has 1 fully saturated rings. The molecule has 0 radical (unpaired) electrons. The van der Waals surface area contributed by atoms with E-state index in [0.717, 1.165) is 43.4 Å². The van der Waals surface area contributed by atoms with Crippen LogP contribution in [0.2, 0.25) is 0 Å². The van der Waals surface area contributed by atoms with Crippen molar-refractivity contribution in [2.24, 2.45) is 4.99 Å². The Hall–Kier alpha value is -2.14. The minimum absolute atomic E-state index is 0.741. The predicted molar refractivity (Wildman–Crippen MR) is 114 cm³/mol. The van der Waals surface area contributed by atoms with Gasteiger partial charge in [0.25, 0.3) is 0 Å². The highest BCUT2D eigenvalue weighted by atomic mass is 15.2. The first-order chi connectivity index (χ1) is 13.3. The number of benzene rings is 1. The van der Waals surface area contributed by atoms with E-state index in [2.05, 4.69) is 56.7 Å². The summed E-state index contributed by atoms with van der Waals surface area (Å²) in [5.41, 5.74) is 2.37. The topological polar surface area (TPSA) is 52.6 Å². The van der Waals surface area contributed by atoms with E-state index < -0.39 is 0 Å². The van der Waals surface area contributed by atoms with Crippen LogP contribution in [-0.4, -0.2) is 55.1 Å². The second-order valence-electron chi connectivity index (χ2n) is 7.40. The van der Waals surface area contributed by atoms with Crippen LogP contribution in [0.3, 0.4) is 0 Å². The highest BCUT2D eigenvalue weighted by Crippen LogP contribution is 2.16. The third-order valence-electron chi connectivity index (χ3n) is 5.48. The van der Waals surface area contributed by atoms with Crippen LogP contribution in [0.1, 0.15) is 38.2 Å². The Bertz CT molecular complexity index is 737. The molecule has 1 aromatic carbocycles. The fourth-order valence-corrected chi connectivity index (χ4v) is 3.88. The Morgan fingerprint density at radius 2 is 2.04 bits per heavy atom. The summed E-state index contributed by atoms with van der Waals surface area (Å²) in [4.78, 5) is 11.5. The van der Waals surface area contributed by atoms with Crippen molar-refractivity contribution < 1.29 is 0 Å². The van der Waals surface area contributed by atoms with E-state index in [1.165, 1.54) is 43.3 Å². The average Bonchev–Trinajstić information content (AvgIpc) is 2.71. The summed E-state index contributed by atoms with van der Waals surface area (Å²) in [5.74, 6) is 0.884. The summed E-state index contributed by atoms with van der Waals surface area (Å²) in [5, 5.41) is 8.07. The molecule has 1 aromatic heterocycles. The van der Waals surface area contributed by atoms with Crippen LogP contribution in [0, 0.1) is 0 Å². The number of guanidine groups is 1. The summed E-state index contributed by atoms with van der Waals surface area (Å²) in [6.07, 6.45) is 8.03. The fraction of sp³-hybridized carbons (Fsp3) is 0.545. The number of rotatable bonds is 7. The molecule has 1 unspecified atom stereocenters. The van der Waals surface area contributed by atoms with Crippen molar-refractivity contribution in [2.45, 2.75) is 45.1 Å². The molecule has 2 aromatic rings. The molecule has 5 heteroatoms. The van der Waals surface area contributed by atoms with Crippen molar-refractivity contribution in [3.05, 3.63) is 42.1 Å². The lowest BCUT2D eigenvalue weighted by Crippen LogP contribution is -2.41. The average molecular weight is 368 g/mol. The molecule has 146 valence electrons. The van der Waals surface area contributed by atoms with Crippen LogP contribution in [0.5, 0.6) is 0 Å². The van der Waals surface area contributed by atoms with Crippen LogP contribution < -0.4 is 10.6 Å². The van der Waals surface area contributed by atoms with Gasteiger partial charge < -0.3 is 15.5 Å². The summed E-state index contributed by atoms with van der Waals surface area (Å²) in [6.45, 7) is 6.59. The highest BCUT2D eigenvalue weighted by molar-refractivity contribution is 5.82. The molecule has 27 heavy (non-hydrogen) atoms. The zero-order valence-corrected chi connectivity index (χ0v) is 16.7. The Labute approximate surface area is 163 Å². The van der Waals surface area contributed by atoms with E-state index in [1.54, 1.807) is 0 Å². The fourth-order valence-electron chi connectivity index (χ4n) is 3.88. The largest absolute Gasteiger partial charge is 0.356 e. The minimum atomic E-state index is 0.741. The Morgan fingerprint density at radius 1 is 1.19 bits per heavy atom. The summed E-state index contributed by atoms with van der Waals surface area (Å²) >= 11 is 0. The maximum atomic E-state index is 4.53.